The van der Waals surface area contributed by atoms with Gasteiger partial charge in [0.05, 0.1) is 31.1 Å². The maximum absolute atomic E-state index is 13.8. The van der Waals surface area contributed by atoms with Crippen molar-refractivity contribution in [3.63, 3.8) is 0 Å². The maximum atomic E-state index is 13.8. The standard InChI is InChI=1S/C24H28F3N5O2/c1-30-8-6-16(13-21(30)24(25,26)27)23(33)32-15-17-3-2-7-28-22(17)29-19-5-4-18(14-20(19)32)31-9-11-34-12-10-31/h2-5,7,14,16,21H,6,8-13,15H2,1H3,(H,28,29)/t16-,21+/m1/s1. The number of nitrogens with one attached hydrogen (secondary N) is 1. The minimum atomic E-state index is -4.37. The van der Waals surface area contributed by atoms with Crippen molar-refractivity contribution in [2.75, 3.05) is 55.0 Å². The molecule has 2 atom stereocenters. The van der Waals surface area contributed by atoms with Gasteiger partial charge in [-0.25, -0.2) is 4.98 Å². The van der Waals surface area contributed by atoms with Crippen LogP contribution in [0.25, 0.3) is 0 Å². The molecule has 0 bridgehead atoms. The largest absolute Gasteiger partial charge is 0.404 e. The zero-order chi connectivity index (χ0) is 23.9. The third kappa shape index (κ3) is 4.44. The van der Waals surface area contributed by atoms with Crippen molar-refractivity contribution in [2.24, 2.45) is 5.92 Å². The number of pyridine rings is 1. The average molecular weight is 476 g/mol. The summed E-state index contributed by atoms with van der Waals surface area (Å²) in [4.78, 5) is 23.4. The molecule has 2 saturated heterocycles. The highest BCUT2D eigenvalue weighted by Gasteiger charge is 2.47. The number of likely N-dealkylation sites (tertiary alicyclic amines) is 1. The fraction of sp³-hybridized carbons (Fsp3) is 0.500. The summed E-state index contributed by atoms with van der Waals surface area (Å²) in [6.45, 7) is 3.21. The second-order valence-corrected chi connectivity index (χ2v) is 9.12. The zero-order valence-corrected chi connectivity index (χ0v) is 19.0. The minimum Gasteiger partial charge on any atom is -0.378 e. The Morgan fingerprint density at radius 2 is 1.97 bits per heavy atom. The van der Waals surface area contributed by atoms with Gasteiger partial charge in [-0.15, -0.1) is 0 Å². The van der Waals surface area contributed by atoms with Gasteiger partial charge in [-0.1, -0.05) is 6.07 Å². The number of anilines is 4. The summed E-state index contributed by atoms with van der Waals surface area (Å²) in [6.07, 6.45) is -2.53. The number of fused-ring (bicyclic) bond motifs is 2. The number of ether oxygens (including phenoxy) is 1. The second kappa shape index (κ2) is 9.07. The van der Waals surface area contributed by atoms with E-state index in [2.05, 4.69) is 15.2 Å². The zero-order valence-electron chi connectivity index (χ0n) is 19.0. The van der Waals surface area contributed by atoms with Gasteiger partial charge in [-0.2, -0.15) is 13.2 Å². The van der Waals surface area contributed by atoms with Crippen LogP contribution in [0.3, 0.4) is 0 Å². The number of carbonyl (C=O) groups excluding carboxylic acids is 1. The smallest absolute Gasteiger partial charge is 0.378 e. The van der Waals surface area contributed by atoms with Crippen LogP contribution in [0, 0.1) is 5.92 Å². The molecule has 0 saturated carbocycles. The lowest BCUT2D eigenvalue weighted by Crippen LogP contribution is -2.51. The van der Waals surface area contributed by atoms with Crippen LogP contribution in [0.1, 0.15) is 18.4 Å². The minimum absolute atomic E-state index is 0.228. The first-order valence-electron chi connectivity index (χ1n) is 11.6. The van der Waals surface area contributed by atoms with Crippen LogP contribution in [0.5, 0.6) is 0 Å². The third-order valence-corrected chi connectivity index (χ3v) is 6.98. The van der Waals surface area contributed by atoms with E-state index in [9.17, 15) is 18.0 Å². The molecule has 4 heterocycles. The van der Waals surface area contributed by atoms with E-state index < -0.39 is 18.1 Å². The molecule has 1 amide bonds. The first-order valence-corrected chi connectivity index (χ1v) is 11.6. The Kier molecular flexibility index (Phi) is 6.11. The molecule has 7 nitrogen and oxygen atoms in total. The van der Waals surface area contributed by atoms with E-state index in [4.69, 9.17) is 4.74 Å². The van der Waals surface area contributed by atoms with Crippen LogP contribution in [0.4, 0.5) is 36.1 Å². The Balaban J connectivity index is 1.50. The lowest BCUT2D eigenvalue weighted by molar-refractivity contribution is -0.191. The number of halogens is 3. The third-order valence-electron chi connectivity index (χ3n) is 6.98. The number of nitrogens with zero attached hydrogens (tertiary/aromatic N) is 4. The number of carbonyl (C=O) groups is 1. The maximum Gasteiger partial charge on any atom is 0.404 e. The van der Waals surface area contributed by atoms with Gasteiger partial charge in [0.15, 0.2) is 0 Å². The number of rotatable bonds is 2. The van der Waals surface area contributed by atoms with E-state index >= 15 is 0 Å². The number of hydrogen-bond donors (Lipinski definition) is 1. The summed E-state index contributed by atoms with van der Waals surface area (Å²) in [7, 11) is 1.47. The van der Waals surface area contributed by atoms with E-state index in [-0.39, 0.29) is 25.4 Å². The topological polar surface area (TPSA) is 60.9 Å². The van der Waals surface area contributed by atoms with Gasteiger partial charge in [0, 0.05) is 36.5 Å². The number of aromatic nitrogens is 1. The molecule has 34 heavy (non-hydrogen) atoms. The van der Waals surface area contributed by atoms with Crippen molar-refractivity contribution in [3.8, 4) is 0 Å². The summed E-state index contributed by atoms with van der Waals surface area (Å²) in [5, 5.41) is 3.32. The molecule has 1 aromatic carbocycles. The molecule has 0 spiro atoms. The van der Waals surface area contributed by atoms with E-state index in [1.54, 1.807) is 17.2 Å². The van der Waals surface area contributed by atoms with E-state index in [0.29, 0.717) is 36.8 Å². The second-order valence-electron chi connectivity index (χ2n) is 9.12. The summed E-state index contributed by atoms with van der Waals surface area (Å²) < 4.78 is 46.3. The molecular formula is C24H28F3N5O2. The lowest BCUT2D eigenvalue weighted by Gasteiger charge is -2.39. The number of amides is 1. The normalized spacial score (nSPS) is 23.5. The van der Waals surface area contributed by atoms with Gasteiger partial charge in [0.1, 0.15) is 11.9 Å². The van der Waals surface area contributed by atoms with Gasteiger partial charge in [-0.05, 0) is 50.7 Å². The lowest BCUT2D eigenvalue weighted by atomic mass is 9.89. The Morgan fingerprint density at radius 1 is 1.18 bits per heavy atom. The van der Waals surface area contributed by atoms with Crippen LogP contribution in [0.15, 0.2) is 36.5 Å². The van der Waals surface area contributed by atoms with Crippen LogP contribution in [-0.2, 0) is 16.1 Å². The Labute approximate surface area is 196 Å². The number of piperidine rings is 1. The molecule has 3 aliphatic rings. The molecule has 10 heteroatoms. The van der Waals surface area contributed by atoms with E-state index in [1.165, 1.54) is 11.9 Å². The number of benzene rings is 1. The Morgan fingerprint density at radius 3 is 2.74 bits per heavy atom. The van der Waals surface area contributed by atoms with Crippen molar-refractivity contribution in [1.82, 2.24) is 9.88 Å². The predicted molar refractivity (Wildman–Crippen MR) is 123 cm³/mol. The number of alkyl halides is 3. The van der Waals surface area contributed by atoms with Crippen molar-refractivity contribution in [1.29, 1.82) is 0 Å². The molecule has 0 radical (unpaired) electrons. The van der Waals surface area contributed by atoms with Crippen molar-refractivity contribution < 1.29 is 22.7 Å². The highest BCUT2D eigenvalue weighted by atomic mass is 19.4. The van der Waals surface area contributed by atoms with Crippen molar-refractivity contribution in [2.45, 2.75) is 31.6 Å². The highest BCUT2D eigenvalue weighted by molar-refractivity contribution is 6.00. The average Bonchev–Trinajstić information content (AvgIpc) is 3.00. The van der Waals surface area contributed by atoms with Crippen molar-refractivity contribution in [3.05, 3.63) is 42.1 Å². The SMILES string of the molecule is CN1CC[C@@H](C(=O)N2Cc3cccnc3Nc3ccc(N4CCOCC4)cc32)C[C@H]1C(F)(F)F. The Bertz CT molecular complexity index is 1060. The first kappa shape index (κ1) is 22.9. The van der Waals surface area contributed by atoms with Crippen LogP contribution >= 0.6 is 0 Å². The monoisotopic (exact) mass is 475 g/mol. The summed E-state index contributed by atoms with van der Waals surface area (Å²) in [5.41, 5.74) is 3.15. The van der Waals surface area contributed by atoms with Gasteiger partial charge in [-0.3, -0.25) is 9.69 Å². The van der Waals surface area contributed by atoms with Crippen molar-refractivity contribution >= 4 is 28.8 Å². The van der Waals surface area contributed by atoms with Gasteiger partial charge in [0.2, 0.25) is 5.91 Å². The molecule has 0 unspecified atom stereocenters. The van der Waals surface area contributed by atoms with Crippen LogP contribution in [-0.4, -0.2) is 67.9 Å². The molecule has 2 fully saturated rings. The van der Waals surface area contributed by atoms with E-state index in [0.717, 1.165) is 24.3 Å². The fourth-order valence-corrected chi connectivity index (χ4v) is 5.04. The molecule has 3 aliphatic heterocycles. The summed E-state index contributed by atoms with van der Waals surface area (Å²) in [5.74, 6) is -0.336. The van der Waals surface area contributed by atoms with Gasteiger partial charge >= 0.3 is 6.18 Å². The first-order chi connectivity index (χ1) is 16.3. The summed E-state index contributed by atoms with van der Waals surface area (Å²) in [6, 6.07) is 7.92. The number of morpholine rings is 1. The van der Waals surface area contributed by atoms with Crippen LogP contribution < -0.4 is 15.1 Å². The molecule has 1 N–H and O–H groups in total. The van der Waals surface area contributed by atoms with Crippen LogP contribution in [0.2, 0.25) is 0 Å². The Hall–Kier alpha value is -2.85. The quantitative estimate of drug-likeness (QED) is 0.714. The summed E-state index contributed by atoms with van der Waals surface area (Å²) >= 11 is 0. The highest BCUT2D eigenvalue weighted by Crippen LogP contribution is 2.40. The molecule has 5 rings (SSSR count). The predicted octanol–water partition coefficient (Wildman–Crippen LogP) is 3.78. The van der Waals surface area contributed by atoms with Gasteiger partial charge < -0.3 is 19.9 Å². The molecule has 1 aromatic heterocycles. The molecule has 182 valence electrons. The fourth-order valence-electron chi connectivity index (χ4n) is 5.04. The molecule has 0 aliphatic carbocycles. The number of hydrogen-bond acceptors (Lipinski definition) is 6. The molecule has 2 aromatic rings. The van der Waals surface area contributed by atoms with E-state index in [1.807, 2.05) is 24.3 Å². The van der Waals surface area contributed by atoms with Gasteiger partial charge in [0.25, 0.3) is 0 Å². The molecular weight excluding hydrogens is 447 g/mol.